The summed E-state index contributed by atoms with van der Waals surface area (Å²) >= 11 is 0. The van der Waals surface area contributed by atoms with Crippen LogP contribution in [0.15, 0.2) is 108 Å². The molecule has 4 N–H and O–H groups in total. The number of phenols is 2. The van der Waals surface area contributed by atoms with Crippen LogP contribution in [0.2, 0.25) is 0 Å². The number of hydrogen-bond donors (Lipinski definition) is 4. The van der Waals surface area contributed by atoms with Crippen LogP contribution in [0, 0.1) is 18.4 Å². The van der Waals surface area contributed by atoms with Crippen LogP contribution in [0.25, 0.3) is 10.8 Å². The van der Waals surface area contributed by atoms with Gasteiger partial charge in [0.05, 0.1) is 25.4 Å². The molecule has 1 fully saturated rings. The van der Waals surface area contributed by atoms with Gasteiger partial charge in [-0.3, -0.25) is 4.79 Å². The van der Waals surface area contributed by atoms with Gasteiger partial charge < -0.3 is 29.8 Å². The second-order valence-corrected chi connectivity index (χ2v) is 15.1. The number of allylic oxidation sites excluding steroid dienone is 1. The molecule has 2 aliphatic rings. The number of fused-ring (bicyclic) bond motifs is 1. The van der Waals surface area contributed by atoms with E-state index in [-0.39, 0.29) is 35.7 Å². The fourth-order valence-electron chi connectivity index (χ4n) is 8.31. The summed E-state index contributed by atoms with van der Waals surface area (Å²) in [5, 5.41) is 35.9. The predicted octanol–water partition coefficient (Wildman–Crippen LogP) is 9.03. The van der Waals surface area contributed by atoms with Crippen LogP contribution in [-0.2, 0) is 30.5 Å². The van der Waals surface area contributed by atoms with Gasteiger partial charge in [0.1, 0.15) is 17.9 Å². The van der Waals surface area contributed by atoms with Crippen molar-refractivity contribution in [3.63, 3.8) is 0 Å². The molecule has 1 aliphatic carbocycles. The first-order valence-electron chi connectivity index (χ1n) is 19.6. The van der Waals surface area contributed by atoms with Crippen LogP contribution >= 0.6 is 0 Å². The Morgan fingerprint density at radius 1 is 0.891 bits per heavy atom. The van der Waals surface area contributed by atoms with Gasteiger partial charge >= 0.3 is 0 Å². The number of aliphatic imine (C=N–C) groups is 1. The normalized spacial score (nSPS) is 16.0. The van der Waals surface area contributed by atoms with Crippen molar-refractivity contribution in [3.05, 3.63) is 137 Å². The molecule has 7 rings (SSSR count). The molecule has 0 saturated heterocycles. The molecule has 2 heterocycles. The molecule has 1 aliphatic heterocycles. The molecular formula is C47H51N2O6+. The zero-order valence-electron chi connectivity index (χ0n) is 31.5. The molecule has 5 aromatic rings. The third-order valence-corrected chi connectivity index (χ3v) is 11.3. The van der Waals surface area contributed by atoms with Gasteiger partial charge in [-0.1, -0.05) is 61.0 Å². The topological polar surface area (TPSA) is 124 Å². The quantitative estimate of drug-likeness (QED) is 0.0706. The highest BCUT2D eigenvalue weighted by molar-refractivity contribution is 5.87. The Hall–Kier alpha value is -5.47. The standard InChI is InChI=1S/C47H50N2O6/c1-54-47-41(27-35-10-7-9-34-8-5-6-13-40(34)35)36(15-17-43(47)51)26-38(24-33-19-21-49-30-33)45(53)28-44(52)37(23-32-18-20-48-29-32)22-31-14-16-42(50)46(25-31)55-39-11-3-2-4-12-39/h5-10,13-21,25,29-30,37-39,45,49,53H,2-4,11-12,22-24,26-28H2,1H3,(H-,50,51)/p+1/t37-,38-,45+/m0/s1. The first-order valence-corrected chi connectivity index (χ1v) is 19.6. The SMILES string of the molecule is COc1c(O)ccc(C[C@H](Cc2cc[nH]c2)[C@H](O)CC(=O)[C@H](CC2=C[CH+]N=C2)Cc2ccc(O)c(OC3CCCCC3)c2)c1Cc1cccc2ccccc12. The van der Waals surface area contributed by atoms with Crippen molar-refractivity contribution in [2.45, 2.75) is 82.8 Å². The Morgan fingerprint density at radius 3 is 2.49 bits per heavy atom. The molecule has 55 heavy (non-hydrogen) atoms. The van der Waals surface area contributed by atoms with Crippen LogP contribution in [0.5, 0.6) is 23.0 Å². The number of nitrogens with one attached hydrogen (secondary N) is 1. The predicted molar refractivity (Wildman–Crippen MR) is 217 cm³/mol. The minimum absolute atomic E-state index is 0.0225. The second-order valence-electron chi connectivity index (χ2n) is 15.1. The van der Waals surface area contributed by atoms with E-state index in [2.05, 4.69) is 34.2 Å². The van der Waals surface area contributed by atoms with E-state index in [0.29, 0.717) is 43.6 Å². The van der Waals surface area contributed by atoms with E-state index in [9.17, 15) is 20.1 Å². The Labute approximate surface area is 323 Å². The lowest BCUT2D eigenvalue weighted by Gasteiger charge is -2.26. The summed E-state index contributed by atoms with van der Waals surface area (Å²) in [6.45, 7) is 1.73. The van der Waals surface area contributed by atoms with E-state index in [0.717, 1.165) is 69.8 Å². The highest BCUT2D eigenvalue weighted by Crippen LogP contribution is 2.38. The summed E-state index contributed by atoms with van der Waals surface area (Å²) in [6.07, 6.45) is 14.5. The Bertz CT molecular complexity index is 2130. The summed E-state index contributed by atoms with van der Waals surface area (Å²) in [6, 6.07) is 25.4. The lowest BCUT2D eigenvalue weighted by Crippen LogP contribution is -2.31. The number of phenolic OH excluding ortho intramolecular Hbond substituents is 2. The van der Waals surface area contributed by atoms with Gasteiger partial charge in [-0.15, -0.1) is 4.99 Å². The number of aliphatic hydroxyl groups excluding tert-OH is 1. The number of ketones is 1. The van der Waals surface area contributed by atoms with Gasteiger partial charge in [0, 0.05) is 43.1 Å². The molecule has 284 valence electrons. The smallest absolute Gasteiger partial charge is 0.176 e. The summed E-state index contributed by atoms with van der Waals surface area (Å²) < 4.78 is 12.1. The average Bonchev–Trinajstić information content (AvgIpc) is 3.92. The number of nitrogens with zero attached hydrogens (tertiary/aromatic N) is 1. The lowest BCUT2D eigenvalue weighted by atomic mass is 9.81. The second kappa shape index (κ2) is 17.8. The van der Waals surface area contributed by atoms with Gasteiger partial charge in [0.2, 0.25) is 0 Å². The molecule has 0 radical (unpaired) electrons. The number of aromatic nitrogens is 1. The number of H-pyrrole nitrogens is 1. The third-order valence-electron chi connectivity index (χ3n) is 11.3. The number of carbonyl (C=O) groups excluding carboxylic acids is 1. The molecule has 1 aromatic heterocycles. The highest BCUT2D eigenvalue weighted by Gasteiger charge is 2.31. The van der Waals surface area contributed by atoms with Crippen LogP contribution in [0.4, 0.5) is 0 Å². The van der Waals surface area contributed by atoms with Crippen molar-refractivity contribution in [2.24, 2.45) is 16.8 Å². The van der Waals surface area contributed by atoms with E-state index in [1.807, 2.05) is 60.9 Å². The van der Waals surface area contributed by atoms with Gasteiger partial charge in [-0.25, -0.2) is 0 Å². The molecule has 0 spiro atoms. The number of aromatic amines is 1. The van der Waals surface area contributed by atoms with Crippen LogP contribution in [-0.4, -0.2) is 51.6 Å². The van der Waals surface area contributed by atoms with Crippen LogP contribution < -0.4 is 9.47 Å². The van der Waals surface area contributed by atoms with E-state index in [1.54, 1.807) is 32.0 Å². The van der Waals surface area contributed by atoms with Crippen LogP contribution in [0.3, 0.4) is 0 Å². The van der Waals surface area contributed by atoms with Crippen molar-refractivity contribution < 1.29 is 29.6 Å². The maximum Gasteiger partial charge on any atom is 0.176 e. The Balaban J connectivity index is 1.14. The molecule has 0 unspecified atom stereocenters. The number of ether oxygens (including phenoxy) is 2. The lowest BCUT2D eigenvalue weighted by molar-refractivity contribution is -0.125. The van der Waals surface area contributed by atoms with Crippen molar-refractivity contribution in [3.8, 4) is 23.0 Å². The maximum atomic E-state index is 14.4. The Morgan fingerprint density at radius 2 is 1.71 bits per heavy atom. The van der Waals surface area contributed by atoms with E-state index in [4.69, 9.17) is 9.47 Å². The summed E-state index contributed by atoms with van der Waals surface area (Å²) in [4.78, 5) is 21.7. The molecule has 3 atom stereocenters. The molecular weight excluding hydrogens is 689 g/mol. The number of hydrogen-bond acceptors (Lipinski definition) is 7. The van der Waals surface area contributed by atoms with Crippen molar-refractivity contribution >= 4 is 22.8 Å². The van der Waals surface area contributed by atoms with Crippen molar-refractivity contribution in [1.29, 1.82) is 0 Å². The maximum absolute atomic E-state index is 14.4. The number of Topliss-reactive ketones (excluding diaryl/α,β-unsaturated/α-hetero) is 1. The fourth-order valence-corrected chi connectivity index (χ4v) is 8.31. The van der Waals surface area contributed by atoms with Crippen molar-refractivity contribution in [2.75, 3.05) is 7.11 Å². The summed E-state index contributed by atoms with van der Waals surface area (Å²) in [7, 11) is 1.57. The minimum atomic E-state index is -0.946. The zero-order valence-corrected chi connectivity index (χ0v) is 31.5. The molecule has 0 bridgehead atoms. The van der Waals surface area contributed by atoms with Gasteiger partial charge in [0.15, 0.2) is 29.2 Å². The molecule has 8 nitrogen and oxygen atoms in total. The Kier molecular flexibility index (Phi) is 12.2. The first-order chi connectivity index (χ1) is 26.8. The average molecular weight is 740 g/mol. The van der Waals surface area contributed by atoms with E-state index < -0.39 is 12.0 Å². The largest absolute Gasteiger partial charge is 0.504 e. The van der Waals surface area contributed by atoms with Gasteiger partial charge in [0.25, 0.3) is 0 Å². The van der Waals surface area contributed by atoms with E-state index >= 15 is 0 Å². The molecule has 8 heteroatoms. The minimum Gasteiger partial charge on any atom is -0.504 e. The number of methoxy groups -OCH3 is 1. The zero-order chi connectivity index (χ0) is 38.1. The fraction of sp³-hybridized carbons (Fsp3) is 0.340. The first kappa shape index (κ1) is 37.8. The molecule has 0 amide bonds. The van der Waals surface area contributed by atoms with E-state index in [1.165, 1.54) is 6.42 Å². The van der Waals surface area contributed by atoms with Crippen molar-refractivity contribution in [1.82, 2.24) is 4.98 Å². The number of carbonyl (C=O) groups is 1. The molecule has 1 saturated carbocycles. The summed E-state index contributed by atoms with van der Waals surface area (Å²) in [5.41, 5.74) is 5.80. The third kappa shape index (κ3) is 9.43. The van der Waals surface area contributed by atoms with Gasteiger partial charge in [-0.05, 0) is 108 Å². The monoisotopic (exact) mass is 739 g/mol. The summed E-state index contributed by atoms with van der Waals surface area (Å²) in [5.74, 6) is 0.272. The van der Waals surface area contributed by atoms with Crippen LogP contribution in [0.1, 0.15) is 72.8 Å². The molecule has 4 aromatic carbocycles. The number of benzene rings is 4. The number of aliphatic hydroxyl groups is 1. The number of rotatable bonds is 17. The van der Waals surface area contributed by atoms with Gasteiger partial charge in [-0.2, -0.15) is 0 Å². The number of aromatic hydroxyl groups is 2. The highest BCUT2D eigenvalue weighted by atomic mass is 16.5.